The number of hydrogen-bond acceptors (Lipinski definition) is 5. The molecule has 0 bridgehead atoms. The van der Waals surface area contributed by atoms with Crippen molar-refractivity contribution in [1.82, 2.24) is 10.2 Å². The van der Waals surface area contributed by atoms with E-state index in [9.17, 15) is 18.0 Å². The van der Waals surface area contributed by atoms with Crippen molar-refractivity contribution in [3.05, 3.63) is 125 Å². The fourth-order valence-corrected chi connectivity index (χ4v) is 6.80. The summed E-state index contributed by atoms with van der Waals surface area (Å²) < 4.78 is 34.9. The highest BCUT2D eigenvalue weighted by atomic mass is 35.5. The van der Waals surface area contributed by atoms with Gasteiger partial charge in [0.1, 0.15) is 18.3 Å². The zero-order valence-electron chi connectivity index (χ0n) is 26.5. The number of ether oxygens (including phenoxy) is 1. The lowest BCUT2D eigenvalue weighted by Gasteiger charge is -2.34. The molecular weight excluding hydrogens is 622 g/mol. The zero-order valence-corrected chi connectivity index (χ0v) is 28.1. The van der Waals surface area contributed by atoms with E-state index in [-0.39, 0.29) is 29.7 Å². The van der Waals surface area contributed by atoms with Crippen LogP contribution in [0.5, 0.6) is 5.75 Å². The highest BCUT2D eigenvalue weighted by Gasteiger charge is 2.35. The molecule has 1 N–H and O–H groups in total. The summed E-state index contributed by atoms with van der Waals surface area (Å²) in [6.07, 6.45) is 0.228. The molecular formula is C36H40ClN3O5S. The van der Waals surface area contributed by atoms with Crippen molar-refractivity contribution < 1.29 is 22.7 Å². The summed E-state index contributed by atoms with van der Waals surface area (Å²) in [5.74, 6) is -0.0895. The Morgan fingerprint density at radius 1 is 0.870 bits per heavy atom. The molecule has 0 saturated carbocycles. The molecule has 0 heterocycles. The number of anilines is 1. The quantitative estimate of drug-likeness (QED) is 0.172. The van der Waals surface area contributed by atoms with Crippen molar-refractivity contribution in [3.8, 4) is 5.75 Å². The summed E-state index contributed by atoms with van der Waals surface area (Å²) >= 11 is 6.23. The van der Waals surface area contributed by atoms with E-state index >= 15 is 0 Å². The zero-order chi connectivity index (χ0) is 33.3. The molecule has 2 amide bonds. The van der Waals surface area contributed by atoms with Crippen molar-refractivity contribution in [2.24, 2.45) is 5.92 Å². The van der Waals surface area contributed by atoms with Crippen molar-refractivity contribution in [3.63, 3.8) is 0 Å². The first-order valence-electron chi connectivity index (χ1n) is 15.1. The van der Waals surface area contributed by atoms with Gasteiger partial charge in [-0.1, -0.05) is 86.1 Å². The monoisotopic (exact) mass is 661 g/mol. The maximum absolute atomic E-state index is 14.6. The van der Waals surface area contributed by atoms with Crippen LogP contribution in [0.1, 0.15) is 30.5 Å². The molecule has 0 spiro atoms. The van der Waals surface area contributed by atoms with Gasteiger partial charge in [-0.05, 0) is 72.0 Å². The summed E-state index contributed by atoms with van der Waals surface area (Å²) in [5, 5.41) is 3.44. The first kappa shape index (κ1) is 34.5. The van der Waals surface area contributed by atoms with Gasteiger partial charge in [0.05, 0.1) is 17.7 Å². The van der Waals surface area contributed by atoms with E-state index in [4.69, 9.17) is 16.3 Å². The van der Waals surface area contributed by atoms with Crippen LogP contribution in [-0.4, -0.2) is 51.4 Å². The van der Waals surface area contributed by atoms with Crippen LogP contribution in [0.2, 0.25) is 5.02 Å². The fraction of sp³-hybridized carbons (Fsp3) is 0.278. The highest BCUT2D eigenvalue weighted by Crippen LogP contribution is 2.30. The van der Waals surface area contributed by atoms with Crippen LogP contribution in [0.4, 0.5) is 5.69 Å². The van der Waals surface area contributed by atoms with Gasteiger partial charge in [0, 0.05) is 24.5 Å². The fourth-order valence-electron chi connectivity index (χ4n) is 5.08. The Balaban J connectivity index is 1.82. The molecule has 10 heteroatoms. The van der Waals surface area contributed by atoms with E-state index in [1.165, 1.54) is 17.0 Å². The van der Waals surface area contributed by atoms with Crippen LogP contribution < -0.4 is 14.4 Å². The van der Waals surface area contributed by atoms with Gasteiger partial charge in [0.25, 0.3) is 10.0 Å². The average molecular weight is 662 g/mol. The smallest absolute Gasteiger partial charge is 0.264 e. The lowest BCUT2D eigenvalue weighted by Crippen LogP contribution is -2.53. The van der Waals surface area contributed by atoms with Crippen LogP contribution in [0.3, 0.4) is 0 Å². The van der Waals surface area contributed by atoms with E-state index in [0.29, 0.717) is 28.6 Å². The van der Waals surface area contributed by atoms with E-state index in [1.807, 2.05) is 56.3 Å². The van der Waals surface area contributed by atoms with Crippen LogP contribution >= 0.6 is 11.6 Å². The second kappa shape index (κ2) is 15.8. The minimum Gasteiger partial charge on any atom is -0.497 e. The highest BCUT2D eigenvalue weighted by molar-refractivity contribution is 7.92. The lowest BCUT2D eigenvalue weighted by molar-refractivity contribution is -0.140. The number of amides is 2. The first-order chi connectivity index (χ1) is 22.0. The number of sulfonamides is 1. The maximum Gasteiger partial charge on any atom is 0.264 e. The number of carbonyl (C=O) groups excluding carboxylic acids is 2. The molecule has 4 rings (SSSR count). The number of hydrogen-bond donors (Lipinski definition) is 1. The van der Waals surface area contributed by atoms with Crippen LogP contribution in [-0.2, 0) is 32.6 Å². The molecule has 0 fully saturated rings. The van der Waals surface area contributed by atoms with Crippen molar-refractivity contribution in [2.45, 2.75) is 44.7 Å². The Labute approximate surface area is 277 Å². The Hall–Kier alpha value is -4.34. The van der Waals surface area contributed by atoms with E-state index in [2.05, 4.69) is 5.32 Å². The SMILES string of the molecule is COc1cccc(CN(C(=O)CN(c2ccc(Cl)cc2C)S(=O)(=O)c2ccccc2)C(Cc2ccccc2)C(=O)NCC(C)C)c1. The summed E-state index contributed by atoms with van der Waals surface area (Å²) in [5.41, 5.74) is 2.47. The van der Waals surface area contributed by atoms with Gasteiger partial charge in [-0.3, -0.25) is 13.9 Å². The molecule has 4 aromatic rings. The second-order valence-corrected chi connectivity index (χ2v) is 13.8. The van der Waals surface area contributed by atoms with Crippen molar-refractivity contribution >= 4 is 39.1 Å². The minimum atomic E-state index is -4.21. The predicted octanol–water partition coefficient (Wildman–Crippen LogP) is 6.26. The van der Waals surface area contributed by atoms with Crippen LogP contribution in [0.15, 0.2) is 108 Å². The molecule has 8 nitrogen and oxygen atoms in total. The number of nitrogens with zero attached hydrogens (tertiary/aromatic N) is 2. The van der Waals surface area contributed by atoms with Crippen LogP contribution in [0, 0.1) is 12.8 Å². The summed E-state index contributed by atoms with van der Waals surface area (Å²) in [4.78, 5) is 30.0. The van der Waals surface area contributed by atoms with Crippen molar-refractivity contribution in [1.29, 1.82) is 0 Å². The van der Waals surface area contributed by atoms with E-state index < -0.39 is 28.5 Å². The first-order valence-corrected chi connectivity index (χ1v) is 16.9. The molecule has 4 aromatic carbocycles. The lowest BCUT2D eigenvalue weighted by atomic mass is 10.0. The third-order valence-corrected chi connectivity index (χ3v) is 9.49. The molecule has 0 aliphatic heterocycles. The van der Waals surface area contributed by atoms with Gasteiger partial charge in [-0.15, -0.1) is 0 Å². The molecule has 0 radical (unpaired) electrons. The van der Waals surface area contributed by atoms with Crippen LogP contribution in [0.25, 0.3) is 0 Å². The number of carbonyl (C=O) groups is 2. The van der Waals surface area contributed by atoms with Gasteiger partial charge >= 0.3 is 0 Å². The topological polar surface area (TPSA) is 96.0 Å². The van der Waals surface area contributed by atoms with E-state index in [0.717, 1.165) is 15.4 Å². The minimum absolute atomic E-state index is 0.0343. The van der Waals surface area contributed by atoms with Gasteiger partial charge in [-0.25, -0.2) is 8.42 Å². The number of aryl methyl sites for hydroxylation is 1. The number of methoxy groups -OCH3 is 1. The van der Waals surface area contributed by atoms with Gasteiger partial charge in [-0.2, -0.15) is 0 Å². The molecule has 0 aromatic heterocycles. The van der Waals surface area contributed by atoms with Crippen molar-refractivity contribution in [2.75, 3.05) is 24.5 Å². The summed E-state index contributed by atoms with van der Waals surface area (Å²) in [6.45, 7) is 5.64. The second-order valence-electron chi connectivity index (χ2n) is 11.5. The number of benzene rings is 4. The third kappa shape index (κ3) is 8.89. The van der Waals surface area contributed by atoms with E-state index in [1.54, 1.807) is 62.6 Å². The maximum atomic E-state index is 14.6. The Morgan fingerprint density at radius 2 is 1.52 bits per heavy atom. The molecule has 0 aliphatic rings. The third-order valence-electron chi connectivity index (χ3n) is 7.48. The predicted molar refractivity (Wildman–Crippen MR) is 182 cm³/mol. The number of nitrogens with one attached hydrogen (secondary N) is 1. The molecule has 242 valence electrons. The summed E-state index contributed by atoms with van der Waals surface area (Å²) in [7, 11) is -2.65. The Morgan fingerprint density at radius 3 is 2.15 bits per heavy atom. The normalized spacial score (nSPS) is 12.0. The Kier molecular flexibility index (Phi) is 11.8. The molecule has 1 atom stereocenters. The standard InChI is InChI=1S/C36H40ClN3O5S/c1-26(2)23-38-36(42)34(22-28-12-7-5-8-13-28)39(24-29-14-11-15-31(21-29)45-4)35(41)25-40(33-19-18-30(37)20-27(33)3)46(43,44)32-16-9-6-10-17-32/h5-21,26,34H,22-25H2,1-4H3,(H,38,42). The number of halogens is 1. The molecule has 0 aliphatic carbocycles. The number of rotatable bonds is 14. The summed E-state index contributed by atoms with van der Waals surface area (Å²) in [6, 6.07) is 28.6. The molecule has 0 saturated heterocycles. The van der Waals surface area contributed by atoms with Gasteiger partial charge < -0.3 is 15.0 Å². The average Bonchev–Trinajstić information content (AvgIpc) is 3.05. The van der Waals surface area contributed by atoms with Gasteiger partial charge in [0.15, 0.2) is 0 Å². The molecule has 46 heavy (non-hydrogen) atoms. The Bertz CT molecular complexity index is 1730. The van der Waals surface area contributed by atoms with Gasteiger partial charge in [0.2, 0.25) is 11.8 Å². The molecule has 1 unspecified atom stereocenters. The largest absolute Gasteiger partial charge is 0.497 e.